The van der Waals surface area contributed by atoms with Crippen LogP contribution in [0.15, 0.2) is 186 Å². The fraction of sp³-hybridized carbons (Fsp3) is 0.0877. The maximum absolute atomic E-state index is 4.18. The molecule has 3 heteroatoms. The minimum absolute atomic E-state index is 1.04. The van der Waals surface area contributed by atoms with Crippen molar-refractivity contribution in [3.63, 3.8) is 0 Å². The average molecular weight is 838 g/mol. The van der Waals surface area contributed by atoms with Crippen LogP contribution in [0.1, 0.15) is 27.8 Å². The first-order valence-electron chi connectivity index (χ1n) is 20.7. The van der Waals surface area contributed by atoms with Gasteiger partial charge in [0.05, 0.1) is 22.7 Å². The normalized spacial score (nSPS) is 11.5. The lowest BCUT2D eigenvalue weighted by Gasteiger charge is -2.33. The Morgan fingerprint density at radius 3 is 1.28 bits per heavy atom. The summed E-state index contributed by atoms with van der Waals surface area (Å²) < 4.78 is 1.04. The fourth-order valence-electron chi connectivity index (χ4n) is 9.47. The topological polar surface area (TPSA) is 6.48 Å². The number of anilines is 6. The quantitative estimate of drug-likeness (QED) is 0.141. The molecule has 0 aliphatic carbocycles. The lowest BCUT2D eigenvalue weighted by molar-refractivity contribution is 1.23. The van der Waals surface area contributed by atoms with Gasteiger partial charge in [0.1, 0.15) is 0 Å². The summed E-state index contributed by atoms with van der Waals surface area (Å²) in [4.78, 5) is 5.00. The molecule has 0 aliphatic heterocycles. The average Bonchev–Trinajstić information content (AvgIpc) is 3.26. The van der Waals surface area contributed by atoms with Crippen LogP contribution in [-0.2, 0) is 0 Å². The van der Waals surface area contributed by atoms with Crippen LogP contribution >= 0.6 is 15.9 Å². The molecule has 10 aromatic rings. The maximum atomic E-state index is 4.18. The number of halogens is 1. The van der Waals surface area contributed by atoms with Gasteiger partial charge < -0.3 is 9.80 Å². The lowest BCUT2D eigenvalue weighted by atomic mass is 9.89. The highest BCUT2D eigenvalue weighted by Crippen LogP contribution is 2.53. The predicted molar refractivity (Wildman–Crippen MR) is 262 cm³/mol. The standard InChI is InChI=1S/C57H45BrN2/c1-36-24-30-50(38(3)32-36)59(52-22-14-12-20-45(52)41-16-8-6-9-17-41)56-40(5)34-43-26-27-44-35-49(58)57(48-29-28-47(56)54(43)55(44)48)60(51-31-25-37(2)33-39(51)4)53-23-15-13-21-46(53)42-18-10-7-11-19-42/h6-35H,1-5H3. The molecule has 0 saturated carbocycles. The number of nitrogens with zero attached hydrogens (tertiary/aromatic N) is 2. The molecule has 2 nitrogen and oxygen atoms in total. The number of aryl methyl sites for hydroxylation is 5. The predicted octanol–water partition coefficient (Wildman–Crippen LogP) is 17.2. The molecule has 0 aliphatic rings. The third-order valence-corrected chi connectivity index (χ3v) is 12.7. The summed E-state index contributed by atoms with van der Waals surface area (Å²) in [7, 11) is 0. The first-order valence-corrected chi connectivity index (χ1v) is 21.5. The number of hydrogen-bond acceptors (Lipinski definition) is 2. The van der Waals surface area contributed by atoms with Gasteiger partial charge in [-0.15, -0.1) is 0 Å². The monoisotopic (exact) mass is 836 g/mol. The Labute approximate surface area is 361 Å². The molecule has 60 heavy (non-hydrogen) atoms. The van der Waals surface area contributed by atoms with E-state index in [-0.39, 0.29) is 0 Å². The molecular weight excluding hydrogens is 793 g/mol. The van der Waals surface area contributed by atoms with E-state index < -0.39 is 0 Å². The van der Waals surface area contributed by atoms with Crippen LogP contribution in [0.4, 0.5) is 34.1 Å². The molecule has 10 rings (SSSR count). The van der Waals surface area contributed by atoms with Crippen molar-refractivity contribution in [1.82, 2.24) is 0 Å². The zero-order chi connectivity index (χ0) is 41.1. The Bertz CT molecular complexity index is 3010. The largest absolute Gasteiger partial charge is 0.309 e. The molecule has 0 heterocycles. The molecule has 0 N–H and O–H groups in total. The van der Waals surface area contributed by atoms with Crippen molar-refractivity contribution in [1.29, 1.82) is 0 Å². The van der Waals surface area contributed by atoms with Gasteiger partial charge in [0.15, 0.2) is 0 Å². The van der Waals surface area contributed by atoms with Gasteiger partial charge in [-0.05, 0) is 136 Å². The smallest absolute Gasteiger partial charge is 0.0683 e. The van der Waals surface area contributed by atoms with Crippen molar-refractivity contribution in [2.45, 2.75) is 34.6 Å². The molecule has 0 bridgehead atoms. The van der Waals surface area contributed by atoms with E-state index in [2.05, 4.69) is 242 Å². The Morgan fingerprint density at radius 2 is 0.783 bits per heavy atom. The summed E-state index contributed by atoms with van der Waals surface area (Å²) >= 11 is 4.18. The number of benzene rings is 10. The fourth-order valence-corrected chi connectivity index (χ4v) is 10.1. The highest BCUT2D eigenvalue weighted by atomic mass is 79.9. The van der Waals surface area contributed by atoms with E-state index in [4.69, 9.17) is 0 Å². The third-order valence-electron chi connectivity index (χ3n) is 12.1. The summed E-state index contributed by atoms with van der Waals surface area (Å²) in [6, 6.07) is 66.9. The highest BCUT2D eigenvalue weighted by molar-refractivity contribution is 9.10. The van der Waals surface area contributed by atoms with Crippen LogP contribution in [0.25, 0.3) is 54.6 Å². The van der Waals surface area contributed by atoms with Gasteiger partial charge in [0.25, 0.3) is 0 Å². The van der Waals surface area contributed by atoms with E-state index in [1.807, 2.05) is 0 Å². The van der Waals surface area contributed by atoms with Gasteiger partial charge in [0, 0.05) is 37.7 Å². The van der Waals surface area contributed by atoms with E-state index in [9.17, 15) is 0 Å². The minimum Gasteiger partial charge on any atom is -0.309 e. The van der Waals surface area contributed by atoms with Gasteiger partial charge in [-0.25, -0.2) is 0 Å². The van der Waals surface area contributed by atoms with Crippen LogP contribution in [0.3, 0.4) is 0 Å². The van der Waals surface area contributed by atoms with E-state index in [0.29, 0.717) is 0 Å². The number of hydrogen-bond donors (Lipinski definition) is 0. The van der Waals surface area contributed by atoms with Crippen molar-refractivity contribution in [3.05, 3.63) is 214 Å². The van der Waals surface area contributed by atoms with Crippen molar-refractivity contribution in [2.75, 3.05) is 9.80 Å². The summed E-state index contributed by atoms with van der Waals surface area (Å²) in [5.74, 6) is 0. The molecule has 0 amide bonds. The Balaban J connectivity index is 1.30. The first-order chi connectivity index (χ1) is 29.3. The van der Waals surface area contributed by atoms with Gasteiger partial charge in [-0.2, -0.15) is 0 Å². The van der Waals surface area contributed by atoms with Crippen molar-refractivity contribution in [2.24, 2.45) is 0 Å². The molecular formula is C57H45BrN2. The maximum Gasteiger partial charge on any atom is 0.0683 e. The van der Waals surface area contributed by atoms with E-state index >= 15 is 0 Å². The van der Waals surface area contributed by atoms with Gasteiger partial charge in [-0.1, -0.05) is 157 Å². The summed E-state index contributed by atoms with van der Waals surface area (Å²) in [6.07, 6.45) is 0. The molecule has 290 valence electrons. The Morgan fingerprint density at radius 1 is 0.350 bits per heavy atom. The Kier molecular flexibility index (Phi) is 9.50. The van der Waals surface area contributed by atoms with Crippen molar-refractivity contribution in [3.8, 4) is 22.3 Å². The second-order valence-corrected chi connectivity index (χ2v) is 17.0. The van der Waals surface area contributed by atoms with Crippen LogP contribution in [0.5, 0.6) is 0 Å². The number of para-hydroxylation sites is 2. The van der Waals surface area contributed by atoms with E-state index in [1.54, 1.807) is 0 Å². The molecule has 0 atom stereocenters. The first kappa shape index (κ1) is 37.6. The summed E-state index contributed by atoms with van der Waals surface area (Å²) in [5.41, 5.74) is 17.8. The summed E-state index contributed by atoms with van der Waals surface area (Å²) in [5, 5.41) is 7.38. The minimum atomic E-state index is 1.04. The molecule has 10 aromatic carbocycles. The molecule has 0 radical (unpaired) electrons. The molecule has 0 saturated heterocycles. The second kappa shape index (κ2) is 15.2. The molecule has 0 fully saturated rings. The highest BCUT2D eigenvalue weighted by Gasteiger charge is 2.28. The van der Waals surface area contributed by atoms with E-state index in [0.717, 1.165) is 27.2 Å². The van der Waals surface area contributed by atoms with Crippen molar-refractivity contribution < 1.29 is 0 Å². The summed E-state index contributed by atoms with van der Waals surface area (Å²) in [6.45, 7) is 11.1. The SMILES string of the molecule is Cc1ccc(N(c2ccccc2-c2ccccc2)c2c(C)cc3ccc4cc(Br)c(N(c5ccc(C)cc5C)c5ccccc5-c5ccccc5)c5ccc2c3c45)c(C)c1. The molecule has 0 unspecified atom stereocenters. The van der Waals surface area contributed by atoms with Gasteiger partial charge >= 0.3 is 0 Å². The van der Waals surface area contributed by atoms with Crippen LogP contribution in [0.2, 0.25) is 0 Å². The van der Waals surface area contributed by atoms with Crippen LogP contribution < -0.4 is 9.80 Å². The van der Waals surface area contributed by atoms with Crippen LogP contribution in [-0.4, -0.2) is 0 Å². The second-order valence-electron chi connectivity index (χ2n) is 16.2. The van der Waals surface area contributed by atoms with Gasteiger partial charge in [0.2, 0.25) is 0 Å². The zero-order valence-electron chi connectivity index (χ0n) is 34.6. The molecule has 0 aromatic heterocycles. The third kappa shape index (κ3) is 6.33. The van der Waals surface area contributed by atoms with Gasteiger partial charge in [-0.3, -0.25) is 0 Å². The Hall–Kier alpha value is -6.68. The number of rotatable bonds is 8. The molecule has 0 spiro atoms. The van der Waals surface area contributed by atoms with Crippen molar-refractivity contribution >= 4 is 82.4 Å². The lowest BCUT2D eigenvalue weighted by Crippen LogP contribution is -2.15. The van der Waals surface area contributed by atoms with E-state index in [1.165, 1.54) is 93.8 Å². The van der Waals surface area contributed by atoms with Crippen LogP contribution in [0, 0.1) is 34.6 Å². The zero-order valence-corrected chi connectivity index (χ0v) is 36.2.